The molecule has 1 saturated carbocycles. The molecule has 5 heteroatoms. The molecular formula is C15H23ClN2O2. The van der Waals surface area contributed by atoms with Crippen LogP contribution >= 0.6 is 11.6 Å². The summed E-state index contributed by atoms with van der Waals surface area (Å²) in [5.41, 5.74) is 1.47. The van der Waals surface area contributed by atoms with E-state index in [0.717, 1.165) is 37.1 Å². The molecule has 0 saturated heterocycles. The zero-order valence-corrected chi connectivity index (χ0v) is 13.0. The van der Waals surface area contributed by atoms with Crippen molar-refractivity contribution < 1.29 is 9.90 Å². The third kappa shape index (κ3) is 3.23. The van der Waals surface area contributed by atoms with E-state index in [1.54, 1.807) is 4.68 Å². The number of aliphatic hydroxyl groups excluding tert-OH is 1. The molecule has 1 unspecified atom stereocenters. The molecular weight excluding hydrogens is 276 g/mol. The van der Waals surface area contributed by atoms with Crippen LogP contribution < -0.4 is 0 Å². The van der Waals surface area contributed by atoms with Crippen LogP contribution in [0.2, 0.25) is 5.02 Å². The van der Waals surface area contributed by atoms with Crippen molar-refractivity contribution in [3.8, 4) is 0 Å². The fourth-order valence-corrected chi connectivity index (χ4v) is 3.22. The second-order valence-electron chi connectivity index (χ2n) is 5.65. The van der Waals surface area contributed by atoms with Crippen LogP contribution in [-0.4, -0.2) is 26.8 Å². The predicted octanol–water partition coefficient (Wildman–Crippen LogP) is 2.92. The summed E-state index contributed by atoms with van der Waals surface area (Å²) < 4.78 is 1.75. The van der Waals surface area contributed by atoms with Crippen molar-refractivity contribution in [2.75, 3.05) is 0 Å². The Kier molecular flexibility index (Phi) is 5.22. The molecule has 0 aromatic carbocycles. The summed E-state index contributed by atoms with van der Waals surface area (Å²) in [7, 11) is 0. The van der Waals surface area contributed by atoms with Crippen molar-refractivity contribution in [2.45, 2.75) is 65.0 Å². The Morgan fingerprint density at radius 3 is 2.70 bits per heavy atom. The molecule has 0 bridgehead atoms. The number of rotatable bonds is 5. The van der Waals surface area contributed by atoms with E-state index in [9.17, 15) is 9.90 Å². The first-order chi connectivity index (χ1) is 9.54. The number of Topliss-reactive ketones (excluding diaryl/α,β-unsaturated/α-hetero) is 1. The molecule has 1 fully saturated rings. The number of aromatic nitrogens is 2. The van der Waals surface area contributed by atoms with E-state index < -0.39 is 6.10 Å². The van der Waals surface area contributed by atoms with Gasteiger partial charge in [0.15, 0.2) is 5.78 Å². The van der Waals surface area contributed by atoms with Crippen LogP contribution in [-0.2, 0) is 17.8 Å². The minimum absolute atomic E-state index is 0.120. The summed E-state index contributed by atoms with van der Waals surface area (Å²) >= 11 is 6.21. The number of ketones is 1. The Hall–Kier alpha value is -0.870. The van der Waals surface area contributed by atoms with Crippen molar-refractivity contribution >= 4 is 17.4 Å². The Labute approximate surface area is 125 Å². The average Bonchev–Trinajstić information content (AvgIpc) is 2.75. The lowest BCUT2D eigenvalue weighted by Crippen LogP contribution is -2.32. The van der Waals surface area contributed by atoms with Crippen LogP contribution in [0.15, 0.2) is 0 Å². The number of aryl methyl sites for hydroxylation is 2. The highest BCUT2D eigenvalue weighted by Gasteiger charge is 2.28. The standard InChI is InChI=1S/C15H23ClN2O2/c1-3-18-12(14(16)10(2)17-18)9-13(19)15(20)11-7-5-4-6-8-11/h11,15,20H,3-9H2,1-2H3. The summed E-state index contributed by atoms with van der Waals surface area (Å²) in [6.07, 6.45) is 4.66. The van der Waals surface area contributed by atoms with Crippen LogP contribution in [0.5, 0.6) is 0 Å². The summed E-state index contributed by atoms with van der Waals surface area (Å²) in [5.74, 6) is -0.0116. The Balaban J connectivity index is 2.07. The van der Waals surface area contributed by atoms with Gasteiger partial charge in [0, 0.05) is 6.54 Å². The SMILES string of the molecule is CCn1nc(C)c(Cl)c1CC(=O)C(O)C1CCCCC1. The van der Waals surface area contributed by atoms with Gasteiger partial charge in [-0.15, -0.1) is 0 Å². The fraction of sp³-hybridized carbons (Fsp3) is 0.733. The maximum absolute atomic E-state index is 12.3. The van der Waals surface area contributed by atoms with Crippen LogP contribution in [0.1, 0.15) is 50.4 Å². The Morgan fingerprint density at radius 1 is 1.45 bits per heavy atom. The molecule has 112 valence electrons. The minimum atomic E-state index is -0.855. The van der Waals surface area contributed by atoms with Crippen LogP contribution in [0.4, 0.5) is 0 Å². The van der Waals surface area contributed by atoms with E-state index in [1.165, 1.54) is 6.42 Å². The molecule has 0 aliphatic heterocycles. The summed E-state index contributed by atoms with van der Waals surface area (Å²) in [6, 6.07) is 0. The third-order valence-corrected chi connectivity index (χ3v) is 4.71. The maximum atomic E-state index is 12.3. The van der Waals surface area contributed by atoms with Gasteiger partial charge in [0.1, 0.15) is 6.10 Å². The first-order valence-corrected chi connectivity index (χ1v) is 7.85. The smallest absolute Gasteiger partial charge is 0.167 e. The molecule has 0 amide bonds. The van der Waals surface area contributed by atoms with Gasteiger partial charge < -0.3 is 5.11 Å². The molecule has 2 rings (SSSR count). The Morgan fingerprint density at radius 2 is 2.10 bits per heavy atom. The van der Waals surface area contributed by atoms with Crippen molar-refractivity contribution in [1.29, 1.82) is 0 Å². The molecule has 1 aromatic rings. The van der Waals surface area contributed by atoms with E-state index >= 15 is 0 Å². The molecule has 1 aliphatic carbocycles. The van der Waals surface area contributed by atoms with Gasteiger partial charge in [0.2, 0.25) is 0 Å². The lowest BCUT2D eigenvalue weighted by molar-refractivity contribution is -0.129. The molecule has 0 radical (unpaired) electrons. The number of nitrogens with zero attached hydrogens (tertiary/aromatic N) is 2. The van der Waals surface area contributed by atoms with E-state index in [-0.39, 0.29) is 18.1 Å². The average molecular weight is 299 g/mol. The zero-order chi connectivity index (χ0) is 14.7. The lowest BCUT2D eigenvalue weighted by atomic mass is 9.83. The highest BCUT2D eigenvalue weighted by atomic mass is 35.5. The van der Waals surface area contributed by atoms with Crippen LogP contribution in [0, 0.1) is 12.8 Å². The van der Waals surface area contributed by atoms with E-state index in [4.69, 9.17) is 11.6 Å². The molecule has 4 nitrogen and oxygen atoms in total. The van der Waals surface area contributed by atoms with Crippen LogP contribution in [0.25, 0.3) is 0 Å². The third-order valence-electron chi connectivity index (χ3n) is 4.22. The minimum Gasteiger partial charge on any atom is -0.385 e. The Bertz CT molecular complexity index is 478. The van der Waals surface area contributed by atoms with Gasteiger partial charge in [-0.2, -0.15) is 5.10 Å². The number of carbonyl (C=O) groups is 1. The largest absolute Gasteiger partial charge is 0.385 e. The number of hydrogen-bond donors (Lipinski definition) is 1. The summed E-state index contributed by atoms with van der Waals surface area (Å²) in [6.45, 7) is 4.48. The van der Waals surface area contributed by atoms with Crippen molar-refractivity contribution in [3.05, 3.63) is 16.4 Å². The van der Waals surface area contributed by atoms with Gasteiger partial charge in [-0.25, -0.2) is 0 Å². The van der Waals surface area contributed by atoms with Gasteiger partial charge in [0.25, 0.3) is 0 Å². The number of halogens is 1. The number of aliphatic hydroxyl groups is 1. The van der Waals surface area contributed by atoms with E-state index in [0.29, 0.717) is 11.6 Å². The normalized spacial score (nSPS) is 18.2. The first-order valence-electron chi connectivity index (χ1n) is 7.47. The molecule has 1 aliphatic rings. The molecule has 1 atom stereocenters. The van der Waals surface area contributed by atoms with Gasteiger partial charge in [-0.05, 0) is 32.6 Å². The molecule has 0 spiro atoms. The lowest BCUT2D eigenvalue weighted by Gasteiger charge is -2.25. The second kappa shape index (κ2) is 6.72. The molecule has 20 heavy (non-hydrogen) atoms. The topological polar surface area (TPSA) is 55.1 Å². The van der Waals surface area contributed by atoms with Crippen molar-refractivity contribution in [1.82, 2.24) is 9.78 Å². The number of carbonyl (C=O) groups excluding carboxylic acids is 1. The van der Waals surface area contributed by atoms with E-state index in [1.807, 2.05) is 13.8 Å². The molecule has 1 heterocycles. The molecule has 1 aromatic heterocycles. The van der Waals surface area contributed by atoms with Gasteiger partial charge in [0.05, 0.1) is 22.8 Å². The summed E-state index contributed by atoms with van der Waals surface area (Å²) in [5, 5.41) is 15.1. The van der Waals surface area contributed by atoms with Crippen molar-refractivity contribution in [2.24, 2.45) is 5.92 Å². The molecule has 1 N–H and O–H groups in total. The highest BCUT2D eigenvalue weighted by Crippen LogP contribution is 2.28. The number of hydrogen-bond acceptors (Lipinski definition) is 3. The second-order valence-corrected chi connectivity index (χ2v) is 6.03. The fourth-order valence-electron chi connectivity index (χ4n) is 3.02. The monoisotopic (exact) mass is 298 g/mol. The first kappa shape index (κ1) is 15.5. The summed E-state index contributed by atoms with van der Waals surface area (Å²) in [4.78, 5) is 12.3. The van der Waals surface area contributed by atoms with Crippen LogP contribution in [0.3, 0.4) is 0 Å². The van der Waals surface area contributed by atoms with Gasteiger partial charge >= 0.3 is 0 Å². The van der Waals surface area contributed by atoms with Gasteiger partial charge in [-0.1, -0.05) is 30.9 Å². The predicted molar refractivity (Wildman–Crippen MR) is 78.9 cm³/mol. The van der Waals surface area contributed by atoms with E-state index in [2.05, 4.69) is 5.10 Å². The maximum Gasteiger partial charge on any atom is 0.167 e. The zero-order valence-electron chi connectivity index (χ0n) is 12.2. The quantitative estimate of drug-likeness (QED) is 0.909. The van der Waals surface area contributed by atoms with Crippen molar-refractivity contribution in [3.63, 3.8) is 0 Å². The highest BCUT2D eigenvalue weighted by molar-refractivity contribution is 6.32. The van der Waals surface area contributed by atoms with Gasteiger partial charge in [-0.3, -0.25) is 9.48 Å².